The van der Waals surface area contributed by atoms with Crippen molar-refractivity contribution in [3.8, 4) is 0 Å². The summed E-state index contributed by atoms with van der Waals surface area (Å²) in [7, 11) is 0. The normalized spacial score (nSPS) is 10.3. The van der Waals surface area contributed by atoms with Crippen molar-refractivity contribution < 1.29 is 0 Å². The van der Waals surface area contributed by atoms with Crippen LogP contribution in [0.3, 0.4) is 0 Å². The molecule has 0 amide bonds. The van der Waals surface area contributed by atoms with E-state index in [0.717, 1.165) is 11.8 Å². The molecule has 0 spiro atoms. The fourth-order valence-corrected chi connectivity index (χ4v) is 2.23. The van der Waals surface area contributed by atoms with E-state index < -0.39 is 0 Å². The van der Waals surface area contributed by atoms with Crippen LogP contribution >= 0.6 is 23.4 Å². The maximum atomic E-state index is 11.0. The predicted molar refractivity (Wildman–Crippen MR) is 63.7 cm³/mol. The summed E-state index contributed by atoms with van der Waals surface area (Å²) in [5.41, 5.74) is 0.748. The number of rotatable bonds is 3. The lowest BCUT2D eigenvalue weighted by Crippen LogP contribution is -2.08. The van der Waals surface area contributed by atoms with Gasteiger partial charge < -0.3 is 0 Å². The maximum absolute atomic E-state index is 11.0. The molecule has 1 heterocycles. The Bertz CT molecular complexity index is 543. The van der Waals surface area contributed by atoms with E-state index in [1.807, 2.05) is 24.3 Å². The Morgan fingerprint density at radius 3 is 2.94 bits per heavy atom. The Hall–Kier alpha value is -1.33. The smallest absolute Gasteiger partial charge is 0.270 e. The van der Waals surface area contributed by atoms with Crippen LogP contribution < -0.4 is 5.56 Å². The average molecular weight is 254 g/mol. The molecule has 4 nitrogen and oxygen atoms in total. The largest absolute Gasteiger partial charge is 0.299 e. The number of aromatic amines is 1. The molecular weight excluding hydrogens is 246 g/mol. The Balaban J connectivity index is 2.08. The molecule has 2 aromatic rings. The summed E-state index contributed by atoms with van der Waals surface area (Å²) in [5, 5.41) is 8.57. The number of nitrogens with one attached hydrogen (secondary N) is 1. The maximum Gasteiger partial charge on any atom is 0.270 e. The van der Waals surface area contributed by atoms with Crippen LogP contribution in [0.5, 0.6) is 0 Å². The van der Waals surface area contributed by atoms with E-state index in [4.69, 9.17) is 11.6 Å². The first kappa shape index (κ1) is 11.2. The summed E-state index contributed by atoms with van der Waals surface area (Å²) in [6.45, 7) is 0. The number of nitrogens with zero attached hydrogens (tertiary/aromatic N) is 2. The van der Waals surface area contributed by atoms with E-state index in [0.29, 0.717) is 15.9 Å². The molecule has 1 aromatic heterocycles. The van der Waals surface area contributed by atoms with Gasteiger partial charge in [0, 0.05) is 10.8 Å². The van der Waals surface area contributed by atoms with E-state index >= 15 is 0 Å². The zero-order valence-corrected chi connectivity index (χ0v) is 9.76. The summed E-state index contributed by atoms with van der Waals surface area (Å²) >= 11 is 7.39. The number of halogens is 1. The lowest BCUT2D eigenvalue weighted by molar-refractivity contribution is 0.817. The minimum atomic E-state index is -0.253. The van der Waals surface area contributed by atoms with Gasteiger partial charge in [-0.3, -0.25) is 9.78 Å². The van der Waals surface area contributed by atoms with Crippen molar-refractivity contribution in [1.82, 2.24) is 15.2 Å². The zero-order valence-electron chi connectivity index (χ0n) is 8.18. The highest BCUT2D eigenvalue weighted by Gasteiger charge is 2.02. The van der Waals surface area contributed by atoms with E-state index in [1.54, 1.807) is 0 Å². The minimum absolute atomic E-state index is 0.253. The molecule has 0 aliphatic rings. The number of H-pyrrole nitrogens is 1. The van der Waals surface area contributed by atoms with Crippen molar-refractivity contribution in [3.63, 3.8) is 0 Å². The summed E-state index contributed by atoms with van der Waals surface area (Å²) in [5.74, 6) is 0.647. The number of thioether (sulfide) groups is 1. The van der Waals surface area contributed by atoms with Crippen LogP contribution in [-0.2, 0) is 5.75 Å². The standard InChI is InChI=1S/C10H8ClN3OS/c11-8-4-2-1-3-7(8)6-16-10-13-9(15)5-12-14-10/h1-5H,6H2,(H,13,14,15). The third kappa shape index (κ3) is 2.84. The SMILES string of the molecule is O=c1cnnc(SCc2ccccc2Cl)[nH]1. The first-order valence-corrected chi connectivity index (χ1v) is 5.90. The number of hydrogen-bond acceptors (Lipinski definition) is 4. The molecule has 0 bridgehead atoms. The minimum Gasteiger partial charge on any atom is -0.299 e. The van der Waals surface area contributed by atoms with E-state index in [1.165, 1.54) is 11.8 Å². The van der Waals surface area contributed by atoms with Gasteiger partial charge in [-0.05, 0) is 11.6 Å². The van der Waals surface area contributed by atoms with Gasteiger partial charge in [-0.1, -0.05) is 41.6 Å². The lowest BCUT2D eigenvalue weighted by Gasteiger charge is -2.02. The van der Waals surface area contributed by atoms with Crippen molar-refractivity contribution in [2.24, 2.45) is 0 Å². The van der Waals surface area contributed by atoms with Gasteiger partial charge >= 0.3 is 0 Å². The summed E-state index contributed by atoms with van der Waals surface area (Å²) in [6.07, 6.45) is 1.14. The highest BCUT2D eigenvalue weighted by Crippen LogP contribution is 2.23. The Morgan fingerprint density at radius 1 is 1.38 bits per heavy atom. The topological polar surface area (TPSA) is 58.6 Å². The average Bonchev–Trinajstić information content (AvgIpc) is 2.28. The van der Waals surface area contributed by atoms with Crippen LogP contribution in [0.25, 0.3) is 0 Å². The second-order valence-electron chi connectivity index (χ2n) is 3.02. The van der Waals surface area contributed by atoms with Gasteiger partial charge in [0.25, 0.3) is 5.56 Å². The monoisotopic (exact) mass is 253 g/mol. The molecule has 2 rings (SSSR count). The van der Waals surface area contributed by atoms with Gasteiger partial charge in [0.05, 0.1) is 0 Å². The van der Waals surface area contributed by atoms with Gasteiger partial charge in [0.15, 0.2) is 5.16 Å². The van der Waals surface area contributed by atoms with Gasteiger partial charge in [0.2, 0.25) is 0 Å². The molecule has 0 aliphatic heterocycles. The molecule has 0 atom stereocenters. The van der Waals surface area contributed by atoms with Gasteiger partial charge in [-0.25, -0.2) is 0 Å². The second kappa shape index (κ2) is 5.14. The second-order valence-corrected chi connectivity index (χ2v) is 4.39. The van der Waals surface area contributed by atoms with Crippen LogP contribution in [0.1, 0.15) is 5.56 Å². The van der Waals surface area contributed by atoms with E-state index in [2.05, 4.69) is 15.2 Å². The molecule has 0 saturated carbocycles. The molecule has 1 aromatic carbocycles. The zero-order chi connectivity index (χ0) is 11.4. The first-order valence-electron chi connectivity index (χ1n) is 4.54. The highest BCUT2D eigenvalue weighted by atomic mass is 35.5. The third-order valence-electron chi connectivity index (χ3n) is 1.88. The molecular formula is C10H8ClN3OS. The molecule has 6 heteroatoms. The summed E-state index contributed by atoms with van der Waals surface area (Å²) in [4.78, 5) is 13.6. The van der Waals surface area contributed by atoms with Crippen LogP contribution in [-0.4, -0.2) is 15.2 Å². The van der Waals surface area contributed by atoms with Gasteiger partial charge in [0.1, 0.15) is 6.20 Å². The summed E-state index contributed by atoms with van der Waals surface area (Å²) in [6, 6.07) is 7.56. The Labute approximate surface area is 101 Å². The quantitative estimate of drug-likeness (QED) is 0.852. The summed E-state index contributed by atoms with van der Waals surface area (Å²) < 4.78 is 0. The van der Waals surface area contributed by atoms with Gasteiger partial charge in [-0.15, -0.1) is 5.10 Å². The van der Waals surface area contributed by atoms with Crippen LogP contribution in [0.4, 0.5) is 0 Å². The molecule has 82 valence electrons. The van der Waals surface area contributed by atoms with Crippen molar-refractivity contribution in [1.29, 1.82) is 0 Å². The van der Waals surface area contributed by atoms with Crippen molar-refractivity contribution in [2.75, 3.05) is 0 Å². The fourth-order valence-electron chi connectivity index (χ4n) is 1.12. The first-order chi connectivity index (χ1) is 7.75. The Morgan fingerprint density at radius 2 is 2.19 bits per heavy atom. The predicted octanol–water partition coefficient (Wildman–Crippen LogP) is 2.11. The van der Waals surface area contributed by atoms with E-state index in [-0.39, 0.29) is 5.56 Å². The van der Waals surface area contributed by atoms with Crippen molar-refractivity contribution in [2.45, 2.75) is 10.9 Å². The number of aromatic nitrogens is 3. The van der Waals surface area contributed by atoms with Crippen molar-refractivity contribution >= 4 is 23.4 Å². The third-order valence-corrected chi connectivity index (χ3v) is 3.16. The Kier molecular flexibility index (Phi) is 3.58. The van der Waals surface area contributed by atoms with Gasteiger partial charge in [-0.2, -0.15) is 5.10 Å². The molecule has 1 N–H and O–H groups in total. The van der Waals surface area contributed by atoms with Crippen LogP contribution in [0.2, 0.25) is 5.02 Å². The molecule has 0 radical (unpaired) electrons. The van der Waals surface area contributed by atoms with Crippen LogP contribution in [0, 0.1) is 0 Å². The molecule has 0 fully saturated rings. The van der Waals surface area contributed by atoms with Crippen LogP contribution in [0.15, 0.2) is 40.4 Å². The highest BCUT2D eigenvalue weighted by molar-refractivity contribution is 7.98. The number of hydrogen-bond donors (Lipinski definition) is 1. The number of benzene rings is 1. The lowest BCUT2D eigenvalue weighted by atomic mass is 10.2. The fraction of sp³-hybridized carbons (Fsp3) is 0.100. The molecule has 0 unspecified atom stereocenters. The van der Waals surface area contributed by atoms with Crippen molar-refractivity contribution in [3.05, 3.63) is 51.4 Å². The molecule has 16 heavy (non-hydrogen) atoms. The van der Waals surface area contributed by atoms with E-state index in [9.17, 15) is 4.79 Å². The molecule has 0 saturated heterocycles. The molecule has 0 aliphatic carbocycles.